The van der Waals surface area contributed by atoms with Crippen molar-refractivity contribution >= 4 is 21.4 Å². The van der Waals surface area contributed by atoms with Crippen LogP contribution in [0, 0.1) is 12.8 Å². The third kappa shape index (κ3) is 2.79. The Balaban J connectivity index is 1.90. The van der Waals surface area contributed by atoms with Gasteiger partial charge in [0.2, 0.25) is 10.0 Å². The molecule has 118 valence electrons. The SMILES string of the molecule is Cc1csc(CNC(C)C)c1S(=O)(=O)N1CC2CCC1C2. The summed E-state index contributed by atoms with van der Waals surface area (Å²) >= 11 is 1.56. The van der Waals surface area contributed by atoms with Gasteiger partial charge in [-0.3, -0.25) is 0 Å². The smallest absolute Gasteiger partial charge is 0.244 e. The summed E-state index contributed by atoms with van der Waals surface area (Å²) in [5, 5.41) is 5.31. The number of hydrogen-bond donors (Lipinski definition) is 1. The highest BCUT2D eigenvalue weighted by molar-refractivity contribution is 7.89. The Kier molecular flexibility index (Phi) is 4.16. The molecule has 1 aromatic heterocycles. The summed E-state index contributed by atoms with van der Waals surface area (Å²) in [6.07, 6.45) is 3.29. The fourth-order valence-electron chi connectivity index (χ4n) is 3.54. The molecule has 2 unspecified atom stereocenters. The largest absolute Gasteiger partial charge is 0.310 e. The van der Waals surface area contributed by atoms with Crippen LogP contribution in [-0.4, -0.2) is 31.4 Å². The van der Waals surface area contributed by atoms with Gasteiger partial charge in [0.1, 0.15) is 4.90 Å². The predicted molar refractivity (Wildman–Crippen MR) is 86.1 cm³/mol. The van der Waals surface area contributed by atoms with Crippen molar-refractivity contribution in [2.24, 2.45) is 5.92 Å². The summed E-state index contributed by atoms with van der Waals surface area (Å²) in [5.41, 5.74) is 0.892. The van der Waals surface area contributed by atoms with E-state index in [-0.39, 0.29) is 6.04 Å². The number of sulfonamides is 1. The van der Waals surface area contributed by atoms with Crippen molar-refractivity contribution in [2.45, 2.75) is 63.6 Å². The number of fused-ring (bicyclic) bond motifs is 2. The van der Waals surface area contributed by atoms with Gasteiger partial charge in [0.25, 0.3) is 0 Å². The van der Waals surface area contributed by atoms with Gasteiger partial charge in [-0.05, 0) is 43.0 Å². The van der Waals surface area contributed by atoms with Crippen molar-refractivity contribution in [3.8, 4) is 0 Å². The van der Waals surface area contributed by atoms with Gasteiger partial charge in [-0.25, -0.2) is 8.42 Å². The number of nitrogens with one attached hydrogen (secondary N) is 1. The molecule has 4 nitrogen and oxygen atoms in total. The number of rotatable bonds is 5. The summed E-state index contributed by atoms with van der Waals surface area (Å²) in [4.78, 5) is 1.51. The van der Waals surface area contributed by atoms with E-state index in [0.717, 1.165) is 29.8 Å². The second-order valence-electron chi connectivity index (χ2n) is 6.61. The van der Waals surface area contributed by atoms with Gasteiger partial charge < -0.3 is 5.32 Å². The minimum Gasteiger partial charge on any atom is -0.310 e. The average molecular weight is 329 g/mol. The molecular weight excluding hydrogens is 304 g/mol. The first-order valence-electron chi connectivity index (χ1n) is 7.71. The summed E-state index contributed by atoms with van der Waals surface area (Å²) in [5.74, 6) is 0.584. The molecule has 1 N–H and O–H groups in total. The van der Waals surface area contributed by atoms with Gasteiger partial charge >= 0.3 is 0 Å². The fourth-order valence-corrected chi connectivity index (χ4v) is 7.00. The van der Waals surface area contributed by atoms with Crippen molar-refractivity contribution in [1.82, 2.24) is 9.62 Å². The lowest BCUT2D eigenvalue weighted by Crippen LogP contribution is -2.38. The summed E-state index contributed by atoms with van der Waals surface area (Å²) in [7, 11) is -3.33. The second-order valence-corrected chi connectivity index (χ2v) is 9.41. The number of thiophene rings is 1. The maximum atomic E-state index is 13.1. The molecule has 2 atom stereocenters. The lowest BCUT2D eigenvalue weighted by atomic mass is 10.1. The molecule has 2 aliphatic rings. The summed E-state index contributed by atoms with van der Waals surface area (Å²) in [6.45, 7) is 7.42. The Hall–Kier alpha value is -0.430. The Morgan fingerprint density at radius 3 is 2.76 bits per heavy atom. The van der Waals surface area contributed by atoms with E-state index in [1.165, 1.54) is 6.42 Å². The molecule has 3 rings (SSSR count). The molecular formula is C15H24N2O2S2. The van der Waals surface area contributed by atoms with Crippen LogP contribution in [0.15, 0.2) is 10.3 Å². The average Bonchev–Trinajstić information content (AvgIpc) is 3.10. The Morgan fingerprint density at radius 2 is 2.19 bits per heavy atom. The first kappa shape index (κ1) is 15.5. The molecule has 1 aromatic rings. The highest BCUT2D eigenvalue weighted by Gasteiger charge is 2.45. The normalized spacial score (nSPS) is 26.1. The fraction of sp³-hybridized carbons (Fsp3) is 0.733. The van der Waals surface area contributed by atoms with Gasteiger partial charge in [0.05, 0.1) is 0 Å². The lowest BCUT2D eigenvalue weighted by Gasteiger charge is -2.26. The molecule has 0 radical (unpaired) electrons. The van der Waals surface area contributed by atoms with Crippen LogP contribution in [0.25, 0.3) is 0 Å². The van der Waals surface area contributed by atoms with Crippen LogP contribution >= 0.6 is 11.3 Å². The van der Waals surface area contributed by atoms with Gasteiger partial charge in [-0.2, -0.15) is 4.31 Å². The monoisotopic (exact) mass is 328 g/mol. The van der Waals surface area contributed by atoms with Crippen molar-refractivity contribution in [3.63, 3.8) is 0 Å². The minimum absolute atomic E-state index is 0.241. The molecule has 21 heavy (non-hydrogen) atoms. The maximum absolute atomic E-state index is 13.1. The van der Waals surface area contributed by atoms with Gasteiger partial charge in [-0.15, -0.1) is 11.3 Å². The zero-order valence-electron chi connectivity index (χ0n) is 12.9. The Bertz CT molecular complexity index is 622. The van der Waals surface area contributed by atoms with Crippen molar-refractivity contribution in [2.75, 3.05) is 6.54 Å². The highest BCUT2D eigenvalue weighted by atomic mass is 32.2. The maximum Gasteiger partial charge on any atom is 0.244 e. The molecule has 0 amide bonds. The van der Waals surface area contributed by atoms with Crippen LogP contribution in [0.2, 0.25) is 0 Å². The molecule has 6 heteroatoms. The molecule has 0 spiro atoms. The van der Waals surface area contributed by atoms with E-state index in [1.54, 1.807) is 15.6 Å². The van der Waals surface area contributed by atoms with Crippen LogP contribution in [0.1, 0.15) is 43.6 Å². The van der Waals surface area contributed by atoms with Gasteiger partial charge in [-0.1, -0.05) is 13.8 Å². The molecule has 2 heterocycles. The zero-order valence-corrected chi connectivity index (χ0v) is 14.6. The van der Waals surface area contributed by atoms with Crippen LogP contribution in [-0.2, 0) is 16.6 Å². The van der Waals surface area contributed by atoms with Crippen molar-refractivity contribution in [3.05, 3.63) is 15.8 Å². The molecule has 0 aromatic carbocycles. The standard InChI is InChI=1S/C15H24N2O2S2/c1-10(2)16-7-14-15(11(3)9-20-14)21(18,19)17-8-12-4-5-13(17)6-12/h9-10,12-13,16H,4-8H2,1-3H3. The lowest BCUT2D eigenvalue weighted by molar-refractivity contribution is 0.333. The number of aryl methyl sites for hydroxylation is 1. The molecule has 1 saturated carbocycles. The van der Waals surface area contributed by atoms with Crippen molar-refractivity contribution < 1.29 is 8.42 Å². The van der Waals surface area contributed by atoms with E-state index >= 15 is 0 Å². The van der Waals surface area contributed by atoms with Crippen molar-refractivity contribution in [1.29, 1.82) is 0 Å². The number of hydrogen-bond acceptors (Lipinski definition) is 4. The third-order valence-electron chi connectivity index (χ3n) is 4.59. The van der Waals surface area contributed by atoms with Gasteiger partial charge in [0, 0.05) is 30.1 Å². The quantitative estimate of drug-likeness (QED) is 0.904. The molecule has 1 saturated heterocycles. The van der Waals surface area contributed by atoms with E-state index in [4.69, 9.17) is 0 Å². The summed E-state index contributed by atoms with van der Waals surface area (Å²) < 4.78 is 27.9. The van der Waals surface area contributed by atoms with E-state index in [2.05, 4.69) is 19.2 Å². The molecule has 1 aliphatic heterocycles. The summed E-state index contributed by atoms with van der Waals surface area (Å²) in [6, 6.07) is 0.593. The Morgan fingerprint density at radius 1 is 1.43 bits per heavy atom. The van der Waals surface area contributed by atoms with Crippen LogP contribution in [0.5, 0.6) is 0 Å². The topological polar surface area (TPSA) is 49.4 Å². The van der Waals surface area contributed by atoms with Crippen LogP contribution < -0.4 is 5.32 Å². The van der Waals surface area contributed by atoms with Crippen LogP contribution in [0.4, 0.5) is 0 Å². The van der Waals surface area contributed by atoms with E-state index < -0.39 is 10.0 Å². The number of piperidine rings is 1. The van der Waals surface area contributed by atoms with E-state index in [9.17, 15) is 8.42 Å². The van der Waals surface area contributed by atoms with E-state index in [0.29, 0.717) is 23.4 Å². The second kappa shape index (κ2) is 5.65. The molecule has 2 fully saturated rings. The highest BCUT2D eigenvalue weighted by Crippen LogP contribution is 2.42. The minimum atomic E-state index is -3.33. The van der Waals surface area contributed by atoms with E-state index in [1.807, 2.05) is 12.3 Å². The zero-order chi connectivity index (χ0) is 15.2. The predicted octanol–water partition coefficient (Wildman–Crippen LogP) is 2.73. The molecule has 2 bridgehead atoms. The first-order chi connectivity index (χ1) is 9.89. The molecule has 1 aliphatic carbocycles. The first-order valence-corrected chi connectivity index (χ1v) is 10.0. The number of nitrogens with zero attached hydrogens (tertiary/aromatic N) is 1. The third-order valence-corrected chi connectivity index (χ3v) is 7.97. The van der Waals surface area contributed by atoms with Crippen LogP contribution in [0.3, 0.4) is 0 Å². The van der Waals surface area contributed by atoms with Gasteiger partial charge in [0.15, 0.2) is 0 Å². The Labute approximate surface area is 131 Å².